The molecule has 1 fully saturated rings. The first-order chi connectivity index (χ1) is 46.7. The van der Waals surface area contributed by atoms with Gasteiger partial charge in [-0.05, 0) is 81.5 Å². The van der Waals surface area contributed by atoms with E-state index < -0.39 is 18.6 Å². The van der Waals surface area contributed by atoms with Crippen molar-refractivity contribution in [1.82, 2.24) is 98.1 Å². The van der Waals surface area contributed by atoms with Crippen molar-refractivity contribution in [1.29, 1.82) is 10.5 Å². The quantitative estimate of drug-likeness (QED) is 0.0499. The first-order valence-corrected chi connectivity index (χ1v) is 31.6. The number of H-pyrrole nitrogens is 5. The van der Waals surface area contributed by atoms with Crippen LogP contribution in [-0.4, -0.2) is 181 Å². The van der Waals surface area contributed by atoms with Crippen molar-refractivity contribution < 1.29 is 35.2 Å². The number of rotatable bonds is 18. The second-order valence-corrected chi connectivity index (χ2v) is 23.4. The van der Waals surface area contributed by atoms with Crippen molar-refractivity contribution in [3.05, 3.63) is 145 Å². The third-order valence-electron chi connectivity index (χ3n) is 16.5. The largest absolute Gasteiger partial charge is 0.406 e. The van der Waals surface area contributed by atoms with E-state index in [2.05, 4.69) is 77.8 Å². The van der Waals surface area contributed by atoms with Gasteiger partial charge in [0.1, 0.15) is 83.8 Å². The molecule has 26 nitrogen and oxygen atoms in total. The predicted octanol–water partition coefficient (Wildman–Crippen LogP) is 11.6. The van der Waals surface area contributed by atoms with Gasteiger partial charge in [0.15, 0.2) is 0 Å². The molecule has 0 saturated heterocycles. The maximum absolute atomic E-state index is 13.0. The number of aromatic nitrogens is 16. The average molecular weight is 1340 g/mol. The summed E-state index contributed by atoms with van der Waals surface area (Å²) < 4.78 is 44.2. The molecule has 30 heteroatoms. The summed E-state index contributed by atoms with van der Waals surface area (Å²) in [5.74, 6) is -0.758. The van der Waals surface area contributed by atoms with Crippen molar-refractivity contribution in [2.45, 2.75) is 59.1 Å². The standard InChI is InChI=1S/C19H20F3N5O.C17H18N6O.C16H18ClN5O.C15H14N6O.2H2/c1-26-9-13(16-14-5-6-23-17(14)25-11-24-16)7-15(26)18(28)27(10-19(20,21)22)8-12-3-2-4-12;1-3-23(8-4-6-18)17(24)14-9-12(10-22(14)2)15-13-5-7-19-16(13)21-11-20-15;1-3-5-22(4-2)16(23)12-6-10(7-18-12)14-13-11(17)8-19-15(13)21-9-20-14;1-20(6-4-16)15(22)12-7-10(8-21(12)2)13-11-3-5-17-14(11)19-9-18-13;;/h5-7,9,11-12H,2-4,8,10H2,1H3,(H,23,24,25);5,7,9-11H,3-4,8H2,1-2H3,(H,19,20,21);6-9,18H,3-5H2,1-2H3,(H,19,20,21);3,5,7-9H,6H2,1-2H3,(H,17,18,19);2*1H. The highest BCUT2D eigenvalue weighted by Crippen LogP contribution is 2.34. The van der Waals surface area contributed by atoms with E-state index in [-0.39, 0.29) is 45.3 Å². The molecular weight excluding hydrogens is 1270 g/mol. The molecule has 13 rings (SSSR count). The van der Waals surface area contributed by atoms with Gasteiger partial charge in [-0.25, -0.2) is 39.9 Å². The van der Waals surface area contributed by atoms with Crippen LogP contribution in [0.4, 0.5) is 13.2 Å². The predicted molar refractivity (Wildman–Crippen MR) is 363 cm³/mol. The maximum atomic E-state index is 13.0. The van der Waals surface area contributed by atoms with Crippen molar-refractivity contribution >= 4 is 79.4 Å². The first kappa shape index (κ1) is 68.4. The lowest BCUT2D eigenvalue weighted by atomic mass is 9.85. The number of amides is 4. The zero-order valence-electron chi connectivity index (χ0n) is 54.3. The van der Waals surface area contributed by atoms with Crippen molar-refractivity contribution in [3.63, 3.8) is 0 Å². The minimum Gasteiger partial charge on any atom is -0.357 e. The summed E-state index contributed by atoms with van der Waals surface area (Å²) in [4.78, 5) is 105. The number of hydrogen-bond donors (Lipinski definition) is 5. The molecular formula is C67H74ClF3N22O4. The molecule has 5 N–H and O–H groups in total. The fourth-order valence-corrected chi connectivity index (χ4v) is 11.6. The highest BCUT2D eigenvalue weighted by molar-refractivity contribution is 6.36. The molecule has 97 heavy (non-hydrogen) atoms. The minimum absolute atomic E-state index is 0. The number of aromatic amines is 5. The maximum Gasteiger partial charge on any atom is 0.406 e. The molecule has 0 aromatic carbocycles. The van der Waals surface area contributed by atoms with Gasteiger partial charge in [-0.1, -0.05) is 24.9 Å². The lowest BCUT2D eigenvalue weighted by molar-refractivity contribution is -0.142. The molecule has 12 heterocycles. The van der Waals surface area contributed by atoms with E-state index in [9.17, 15) is 32.3 Å². The van der Waals surface area contributed by atoms with Gasteiger partial charge < -0.3 is 58.2 Å². The Morgan fingerprint density at radius 1 is 0.588 bits per heavy atom. The number of halogens is 4. The molecule has 504 valence electrons. The van der Waals surface area contributed by atoms with E-state index in [0.717, 1.165) is 98.0 Å². The van der Waals surface area contributed by atoms with Gasteiger partial charge in [0.25, 0.3) is 23.6 Å². The van der Waals surface area contributed by atoms with Crippen LogP contribution in [0.1, 0.15) is 97.7 Å². The number of carbonyl (C=O) groups excluding carboxylic acids is 4. The van der Waals surface area contributed by atoms with E-state index in [1.165, 1.54) is 30.2 Å². The van der Waals surface area contributed by atoms with Gasteiger partial charge in [-0.15, -0.1) is 0 Å². The molecule has 1 aliphatic rings. The summed E-state index contributed by atoms with van der Waals surface area (Å²) in [5, 5.41) is 21.4. The average Bonchev–Trinajstić information content (AvgIpc) is 1.68. The van der Waals surface area contributed by atoms with Gasteiger partial charge >= 0.3 is 6.18 Å². The fourth-order valence-electron chi connectivity index (χ4n) is 11.4. The number of nitriles is 2. The summed E-state index contributed by atoms with van der Waals surface area (Å²) in [5.41, 5.74) is 10.8. The summed E-state index contributed by atoms with van der Waals surface area (Å²) in [7, 11) is 6.89. The topological polar surface area (TPSA) is 326 Å². The Kier molecular flexibility index (Phi) is 21.4. The molecule has 0 spiro atoms. The Morgan fingerprint density at radius 3 is 1.49 bits per heavy atom. The van der Waals surface area contributed by atoms with Gasteiger partial charge in [0.2, 0.25) is 0 Å². The Balaban J connectivity index is 0.000000168. The second kappa shape index (κ2) is 30.3. The summed E-state index contributed by atoms with van der Waals surface area (Å²) in [6.07, 6.45) is 19.7. The third kappa shape index (κ3) is 15.4. The fraction of sp³-hybridized carbons (Fsp3) is 0.313. The van der Waals surface area contributed by atoms with Crippen LogP contribution in [0.15, 0.2) is 117 Å². The molecule has 0 atom stereocenters. The van der Waals surface area contributed by atoms with Crippen LogP contribution in [0.25, 0.3) is 89.2 Å². The number of nitrogens with one attached hydrogen (secondary N) is 5. The van der Waals surface area contributed by atoms with Crippen LogP contribution in [0.3, 0.4) is 0 Å². The Labute approximate surface area is 562 Å². The first-order valence-electron chi connectivity index (χ1n) is 31.2. The smallest absolute Gasteiger partial charge is 0.357 e. The number of hydrogen-bond acceptors (Lipinski definition) is 14. The van der Waals surface area contributed by atoms with Gasteiger partial charge in [0.05, 0.1) is 51.7 Å². The van der Waals surface area contributed by atoms with Crippen LogP contribution >= 0.6 is 11.6 Å². The van der Waals surface area contributed by atoms with Crippen molar-refractivity contribution in [2.24, 2.45) is 27.1 Å². The summed E-state index contributed by atoms with van der Waals surface area (Å²) in [6, 6.07) is 16.7. The SMILES string of the molecule is CCCN(CC)C(=O)c1cc(-c2ncnc3[nH]cc(Cl)c23)c[nH]1.CCN(CCC#N)C(=O)c1cc(-c2ncnc3[nH]ccc23)cn1C.CN(CC#N)C(=O)c1cc(-c2ncnc3[nH]ccc23)cn1C.Cn1cc(-c2ncnc3[nH]ccc23)cc1C(=O)N(CC1CCC1)CC(F)(F)F.[HH].[HH]. The molecule has 0 unspecified atom stereocenters. The molecule has 0 bridgehead atoms. The van der Waals surface area contributed by atoms with Crippen LogP contribution in [-0.2, 0) is 21.1 Å². The molecule has 1 aliphatic carbocycles. The molecule has 0 radical (unpaired) electrons. The highest BCUT2D eigenvalue weighted by Gasteiger charge is 2.36. The molecule has 0 aliphatic heterocycles. The van der Waals surface area contributed by atoms with Crippen LogP contribution in [0.5, 0.6) is 0 Å². The van der Waals surface area contributed by atoms with E-state index >= 15 is 0 Å². The monoisotopic (exact) mass is 1340 g/mol. The Bertz CT molecular complexity index is 4870. The Hall–Kier alpha value is -11.5. The van der Waals surface area contributed by atoms with E-state index in [0.29, 0.717) is 76.4 Å². The highest BCUT2D eigenvalue weighted by atomic mass is 35.5. The molecule has 12 aromatic rings. The van der Waals surface area contributed by atoms with Crippen molar-refractivity contribution in [2.75, 3.05) is 52.9 Å². The molecule has 1 saturated carbocycles. The molecule has 12 aromatic heterocycles. The van der Waals surface area contributed by atoms with Crippen LogP contribution < -0.4 is 0 Å². The van der Waals surface area contributed by atoms with Gasteiger partial charge in [-0.2, -0.15) is 23.7 Å². The van der Waals surface area contributed by atoms with E-state index in [1.807, 2.05) is 80.8 Å². The second-order valence-electron chi connectivity index (χ2n) is 23.0. The lowest BCUT2D eigenvalue weighted by Crippen LogP contribution is -2.43. The van der Waals surface area contributed by atoms with Crippen LogP contribution in [0, 0.1) is 28.6 Å². The van der Waals surface area contributed by atoms with Crippen LogP contribution in [0.2, 0.25) is 5.02 Å². The zero-order chi connectivity index (χ0) is 69.1. The minimum atomic E-state index is -4.43. The number of alkyl halides is 3. The summed E-state index contributed by atoms with van der Waals surface area (Å²) >= 11 is 6.21. The normalized spacial score (nSPS) is 12.0. The number of aryl methyl sites for hydroxylation is 3. The lowest BCUT2D eigenvalue weighted by Gasteiger charge is -2.32. The van der Waals surface area contributed by atoms with Gasteiger partial charge in [0, 0.05) is 152 Å². The number of nitrogens with zero attached hydrogens (tertiary/aromatic N) is 17. The number of fused-ring (bicyclic) bond motifs is 4. The van der Waals surface area contributed by atoms with E-state index in [1.54, 1.807) is 82.9 Å². The zero-order valence-corrected chi connectivity index (χ0v) is 55.0. The third-order valence-corrected chi connectivity index (χ3v) is 16.8. The molecule has 4 amide bonds. The Morgan fingerprint density at radius 2 is 1.05 bits per heavy atom. The number of carbonyl (C=O) groups is 4. The van der Waals surface area contributed by atoms with Gasteiger partial charge in [-0.3, -0.25) is 19.2 Å². The summed E-state index contributed by atoms with van der Waals surface area (Å²) in [6.45, 7) is 7.31. The van der Waals surface area contributed by atoms with Crippen molar-refractivity contribution in [3.8, 4) is 57.2 Å². The van der Waals surface area contributed by atoms with E-state index in [4.69, 9.17) is 22.1 Å².